The summed E-state index contributed by atoms with van der Waals surface area (Å²) in [5.41, 5.74) is 2.12. The molecule has 3 aromatic rings. The van der Waals surface area contributed by atoms with Crippen LogP contribution < -0.4 is 5.32 Å². The summed E-state index contributed by atoms with van der Waals surface area (Å²) in [7, 11) is 0. The summed E-state index contributed by atoms with van der Waals surface area (Å²) in [4.78, 5) is 8.16. The molecule has 0 amide bonds. The molecule has 1 saturated heterocycles. The molecule has 0 saturated carbocycles. The molecule has 3 heterocycles. The number of thioether (sulfide) groups is 1. The molecule has 0 unspecified atom stereocenters. The SMILES string of the molecule is c1ccc(-c2cn3nc(SCCN4CCNCC4)sc3n2)cc1. The smallest absolute Gasteiger partial charge is 0.213 e. The first-order chi connectivity index (χ1) is 11.4. The maximum Gasteiger partial charge on any atom is 0.213 e. The van der Waals surface area contributed by atoms with Crippen molar-refractivity contribution in [2.24, 2.45) is 0 Å². The van der Waals surface area contributed by atoms with Crippen molar-refractivity contribution in [1.82, 2.24) is 24.8 Å². The highest BCUT2D eigenvalue weighted by Crippen LogP contribution is 2.27. The minimum Gasteiger partial charge on any atom is -0.314 e. The Labute approximate surface area is 143 Å². The Morgan fingerprint density at radius 2 is 2.00 bits per heavy atom. The Hall–Kier alpha value is -1.41. The third-order valence-electron chi connectivity index (χ3n) is 3.94. The standard InChI is InChI=1S/C16H19N5S2/c1-2-4-13(5-3-1)14-12-21-15(18-14)23-16(19-21)22-11-10-20-8-6-17-7-9-20/h1-5,12,17H,6-11H2. The number of benzene rings is 1. The highest BCUT2D eigenvalue weighted by molar-refractivity contribution is 8.01. The molecule has 5 nitrogen and oxygen atoms in total. The van der Waals surface area contributed by atoms with Crippen molar-refractivity contribution in [3.05, 3.63) is 36.5 Å². The molecular formula is C16H19N5S2. The van der Waals surface area contributed by atoms with Gasteiger partial charge < -0.3 is 5.32 Å². The lowest BCUT2D eigenvalue weighted by atomic mass is 10.2. The van der Waals surface area contributed by atoms with E-state index in [1.54, 1.807) is 11.3 Å². The van der Waals surface area contributed by atoms with Gasteiger partial charge in [0, 0.05) is 44.0 Å². The van der Waals surface area contributed by atoms with E-state index in [0.717, 1.165) is 59.0 Å². The average Bonchev–Trinajstić information content (AvgIpc) is 3.15. The molecule has 7 heteroatoms. The highest BCUT2D eigenvalue weighted by atomic mass is 32.2. The fourth-order valence-corrected chi connectivity index (χ4v) is 4.68. The summed E-state index contributed by atoms with van der Waals surface area (Å²) >= 11 is 3.50. The van der Waals surface area contributed by atoms with Crippen LogP contribution in [0, 0.1) is 0 Å². The van der Waals surface area contributed by atoms with Gasteiger partial charge in [0.05, 0.1) is 11.9 Å². The lowest BCUT2D eigenvalue weighted by Gasteiger charge is -2.26. The summed E-state index contributed by atoms with van der Waals surface area (Å²) < 4.78 is 3.00. The van der Waals surface area contributed by atoms with E-state index in [0.29, 0.717) is 0 Å². The lowest BCUT2D eigenvalue weighted by Crippen LogP contribution is -2.44. The summed E-state index contributed by atoms with van der Waals surface area (Å²) in [5, 5.41) is 8.03. The minimum absolute atomic E-state index is 0.966. The zero-order valence-corrected chi connectivity index (χ0v) is 14.4. The van der Waals surface area contributed by atoms with Crippen LogP contribution >= 0.6 is 23.1 Å². The molecule has 1 aliphatic rings. The van der Waals surface area contributed by atoms with Gasteiger partial charge in [-0.25, -0.2) is 9.50 Å². The van der Waals surface area contributed by atoms with Crippen LogP contribution in [-0.4, -0.2) is 58.0 Å². The van der Waals surface area contributed by atoms with Gasteiger partial charge in [0.15, 0.2) is 4.34 Å². The van der Waals surface area contributed by atoms with Gasteiger partial charge in [0.25, 0.3) is 0 Å². The van der Waals surface area contributed by atoms with E-state index in [2.05, 4.69) is 32.4 Å². The van der Waals surface area contributed by atoms with Gasteiger partial charge in [0.1, 0.15) is 0 Å². The molecule has 23 heavy (non-hydrogen) atoms. The second kappa shape index (κ2) is 7.00. The Balaban J connectivity index is 1.38. The number of hydrogen-bond donors (Lipinski definition) is 1. The fraction of sp³-hybridized carbons (Fsp3) is 0.375. The molecule has 0 aliphatic carbocycles. The van der Waals surface area contributed by atoms with Crippen molar-refractivity contribution in [2.45, 2.75) is 4.34 Å². The van der Waals surface area contributed by atoms with E-state index in [4.69, 9.17) is 0 Å². The topological polar surface area (TPSA) is 45.5 Å². The van der Waals surface area contributed by atoms with E-state index in [1.165, 1.54) is 0 Å². The monoisotopic (exact) mass is 345 g/mol. The van der Waals surface area contributed by atoms with Crippen LogP contribution in [0.1, 0.15) is 0 Å². The average molecular weight is 345 g/mol. The highest BCUT2D eigenvalue weighted by Gasteiger charge is 2.12. The van der Waals surface area contributed by atoms with Gasteiger partial charge in [-0.05, 0) is 0 Å². The summed E-state index contributed by atoms with van der Waals surface area (Å²) in [6.07, 6.45) is 2.02. The Bertz CT molecular complexity index is 730. The number of nitrogens with one attached hydrogen (secondary N) is 1. The van der Waals surface area contributed by atoms with Gasteiger partial charge >= 0.3 is 0 Å². The van der Waals surface area contributed by atoms with Gasteiger partial charge in [-0.2, -0.15) is 0 Å². The maximum atomic E-state index is 4.69. The lowest BCUT2D eigenvalue weighted by molar-refractivity contribution is 0.255. The van der Waals surface area contributed by atoms with Crippen LogP contribution in [0.2, 0.25) is 0 Å². The van der Waals surface area contributed by atoms with Crippen molar-refractivity contribution in [3.63, 3.8) is 0 Å². The summed E-state index contributed by atoms with van der Waals surface area (Å²) in [5.74, 6) is 1.09. The van der Waals surface area contributed by atoms with Crippen LogP contribution in [0.15, 0.2) is 40.9 Å². The van der Waals surface area contributed by atoms with Gasteiger partial charge in [-0.15, -0.1) is 5.10 Å². The first-order valence-electron chi connectivity index (χ1n) is 7.86. The fourth-order valence-electron chi connectivity index (χ4n) is 2.69. The number of imidazole rings is 1. The third kappa shape index (κ3) is 3.58. The van der Waals surface area contributed by atoms with Gasteiger partial charge in [-0.3, -0.25) is 4.90 Å². The Kier molecular flexibility index (Phi) is 4.61. The molecule has 0 spiro atoms. The van der Waals surface area contributed by atoms with E-state index in [9.17, 15) is 0 Å². The van der Waals surface area contributed by atoms with Crippen LogP contribution in [0.5, 0.6) is 0 Å². The number of nitrogens with zero attached hydrogens (tertiary/aromatic N) is 4. The van der Waals surface area contributed by atoms with Crippen molar-refractivity contribution >= 4 is 28.1 Å². The van der Waals surface area contributed by atoms with Crippen molar-refractivity contribution < 1.29 is 0 Å². The number of aromatic nitrogens is 3. The summed E-state index contributed by atoms with van der Waals surface area (Å²) in [6.45, 7) is 5.66. The molecule has 1 aromatic carbocycles. The van der Waals surface area contributed by atoms with Crippen molar-refractivity contribution in [2.75, 3.05) is 38.5 Å². The molecule has 0 bridgehead atoms. The van der Waals surface area contributed by atoms with Crippen LogP contribution in [0.25, 0.3) is 16.2 Å². The van der Waals surface area contributed by atoms with Crippen molar-refractivity contribution in [3.8, 4) is 11.3 Å². The molecule has 2 aromatic heterocycles. The molecule has 120 valence electrons. The largest absolute Gasteiger partial charge is 0.314 e. The number of rotatable bonds is 5. The predicted molar refractivity (Wildman–Crippen MR) is 96.3 cm³/mol. The summed E-state index contributed by atoms with van der Waals surface area (Å²) in [6, 6.07) is 10.2. The Morgan fingerprint density at radius 3 is 2.78 bits per heavy atom. The molecule has 0 radical (unpaired) electrons. The van der Waals surface area contributed by atoms with E-state index < -0.39 is 0 Å². The zero-order chi connectivity index (χ0) is 15.5. The minimum atomic E-state index is 0.966. The molecule has 1 fully saturated rings. The Morgan fingerprint density at radius 1 is 1.17 bits per heavy atom. The second-order valence-corrected chi connectivity index (χ2v) is 7.83. The normalized spacial score (nSPS) is 16.2. The van der Waals surface area contributed by atoms with E-state index >= 15 is 0 Å². The van der Waals surface area contributed by atoms with Gasteiger partial charge in [0.2, 0.25) is 4.96 Å². The number of fused-ring (bicyclic) bond motifs is 1. The van der Waals surface area contributed by atoms with Crippen LogP contribution in [-0.2, 0) is 0 Å². The predicted octanol–water partition coefficient (Wildman–Crippen LogP) is 2.46. The maximum absolute atomic E-state index is 4.69. The number of hydrogen-bond acceptors (Lipinski definition) is 6. The molecule has 0 atom stereocenters. The molecular weight excluding hydrogens is 326 g/mol. The first-order valence-corrected chi connectivity index (χ1v) is 9.66. The van der Waals surface area contributed by atoms with Crippen LogP contribution in [0.3, 0.4) is 0 Å². The quantitative estimate of drug-likeness (QED) is 0.720. The first kappa shape index (κ1) is 15.1. The van der Waals surface area contributed by atoms with Crippen molar-refractivity contribution in [1.29, 1.82) is 0 Å². The molecule has 1 N–H and O–H groups in total. The van der Waals surface area contributed by atoms with Gasteiger partial charge in [-0.1, -0.05) is 53.4 Å². The second-order valence-electron chi connectivity index (χ2n) is 5.53. The number of piperazine rings is 1. The van der Waals surface area contributed by atoms with Crippen LogP contribution in [0.4, 0.5) is 0 Å². The zero-order valence-electron chi connectivity index (χ0n) is 12.8. The third-order valence-corrected chi connectivity index (χ3v) is 5.97. The molecule has 4 rings (SSSR count). The molecule has 1 aliphatic heterocycles. The van der Waals surface area contributed by atoms with E-state index in [1.807, 2.05) is 40.7 Å². The van der Waals surface area contributed by atoms with E-state index in [-0.39, 0.29) is 0 Å².